The van der Waals surface area contributed by atoms with Crippen molar-refractivity contribution in [2.24, 2.45) is 5.73 Å². The topological polar surface area (TPSA) is 115 Å². The third-order valence-electron chi connectivity index (χ3n) is 2.41. The van der Waals surface area contributed by atoms with Gasteiger partial charge in [-0.2, -0.15) is 0 Å². The molecule has 0 aliphatic rings. The number of carbonyl (C=O) groups excluding carboxylic acids is 2. The molecule has 100 valence electrons. The van der Waals surface area contributed by atoms with E-state index in [1.807, 2.05) is 0 Å². The SMILES string of the molecule is CNC(=O)NC(=O)C(C)n1cc(C(C)(C)N)nn1. The minimum absolute atomic E-state index is 0.472. The third-order valence-corrected chi connectivity index (χ3v) is 2.41. The summed E-state index contributed by atoms with van der Waals surface area (Å²) in [5.41, 5.74) is 5.81. The lowest BCUT2D eigenvalue weighted by molar-refractivity contribution is -0.123. The summed E-state index contributed by atoms with van der Waals surface area (Å²) in [6.45, 7) is 5.19. The van der Waals surface area contributed by atoms with E-state index in [-0.39, 0.29) is 0 Å². The molecule has 1 unspecified atom stereocenters. The van der Waals surface area contributed by atoms with Crippen LogP contribution in [0.1, 0.15) is 32.5 Å². The van der Waals surface area contributed by atoms with Crippen LogP contribution < -0.4 is 16.4 Å². The molecule has 1 rings (SSSR count). The summed E-state index contributed by atoms with van der Waals surface area (Å²) in [7, 11) is 1.43. The van der Waals surface area contributed by atoms with E-state index in [0.717, 1.165) is 0 Å². The minimum atomic E-state index is -0.647. The summed E-state index contributed by atoms with van der Waals surface area (Å²) in [6, 6.07) is -1.21. The Labute approximate surface area is 105 Å². The van der Waals surface area contributed by atoms with E-state index in [9.17, 15) is 9.59 Å². The zero-order chi connectivity index (χ0) is 13.9. The van der Waals surface area contributed by atoms with Crippen LogP contribution in [0.3, 0.4) is 0 Å². The second-order valence-electron chi connectivity index (χ2n) is 4.55. The first-order valence-corrected chi connectivity index (χ1v) is 5.49. The normalized spacial score (nSPS) is 12.9. The largest absolute Gasteiger partial charge is 0.341 e. The van der Waals surface area contributed by atoms with Crippen LogP contribution in [0.15, 0.2) is 6.20 Å². The standard InChI is InChI=1S/C10H18N6O2/c1-6(8(17)13-9(18)12-4)16-5-7(14-15-16)10(2,3)11/h5-6H,11H2,1-4H3,(H2,12,13,17,18). The van der Waals surface area contributed by atoms with Crippen molar-refractivity contribution >= 4 is 11.9 Å². The van der Waals surface area contributed by atoms with E-state index in [1.54, 1.807) is 27.0 Å². The molecule has 0 fully saturated rings. The van der Waals surface area contributed by atoms with Crippen LogP contribution in [-0.4, -0.2) is 34.0 Å². The molecular formula is C10H18N6O2. The molecule has 18 heavy (non-hydrogen) atoms. The summed E-state index contributed by atoms with van der Waals surface area (Å²) in [6.07, 6.45) is 1.59. The van der Waals surface area contributed by atoms with Gasteiger partial charge in [0.25, 0.3) is 5.91 Å². The van der Waals surface area contributed by atoms with Crippen molar-refractivity contribution < 1.29 is 9.59 Å². The summed E-state index contributed by atoms with van der Waals surface area (Å²) in [5.74, 6) is -0.472. The molecule has 8 nitrogen and oxygen atoms in total. The predicted molar refractivity (Wildman–Crippen MR) is 64.5 cm³/mol. The lowest BCUT2D eigenvalue weighted by atomic mass is 10.0. The van der Waals surface area contributed by atoms with Gasteiger partial charge < -0.3 is 11.1 Å². The fourth-order valence-electron chi connectivity index (χ4n) is 1.16. The first kappa shape index (κ1) is 14.1. The highest BCUT2D eigenvalue weighted by atomic mass is 16.2. The Bertz CT molecular complexity index is 447. The average molecular weight is 254 g/mol. The van der Waals surface area contributed by atoms with Crippen LogP contribution in [0.5, 0.6) is 0 Å². The fourth-order valence-corrected chi connectivity index (χ4v) is 1.16. The number of aromatic nitrogens is 3. The molecular weight excluding hydrogens is 236 g/mol. The molecule has 8 heteroatoms. The minimum Gasteiger partial charge on any atom is -0.341 e. The molecule has 0 saturated heterocycles. The maximum absolute atomic E-state index is 11.7. The van der Waals surface area contributed by atoms with E-state index >= 15 is 0 Å². The second kappa shape index (κ2) is 5.13. The number of carbonyl (C=O) groups is 2. The predicted octanol–water partition coefficient (Wildman–Crippen LogP) is -0.511. The molecule has 1 aromatic heterocycles. The van der Waals surface area contributed by atoms with Crippen molar-refractivity contribution in [2.45, 2.75) is 32.4 Å². The Morgan fingerprint density at radius 1 is 1.50 bits per heavy atom. The molecule has 0 spiro atoms. The molecule has 0 radical (unpaired) electrons. The van der Waals surface area contributed by atoms with Gasteiger partial charge in [0, 0.05) is 7.05 Å². The van der Waals surface area contributed by atoms with Crippen molar-refractivity contribution in [3.8, 4) is 0 Å². The monoisotopic (exact) mass is 254 g/mol. The fraction of sp³-hybridized carbons (Fsp3) is 0.600. The number of imide groups is 1. The van der Waals surface area contributed by atoms with Gasteiger partial charge in [0.1, 0.15) is 11.7 Å². The first-order chi connectivity index (χ1) is 8.25. The van der Waals surface area contributed by atoms with E-state index in [1.165, 1.54) is 11.7 Å². The number of hydrogen-bond acceptors (Lipinski definition) is 5. The van der Waals surface area contributed by atoms with Crippen molar-refractivity contribution in [1.29, 1.82) is 0 Å². The van der Waals surface area contributed by atoms with Crippen LogP contribution in [0, 0.1) is 0 Å². The van der Waals surface area contributed by atoms with Gasteiger partial charge in [-0.25, -0.2) is 9.48 Å². The molecule has 1 aromatic rings. The van der Waals surface area contributed by atoms with Crippen LogP contribution in [0.25, 0.3) is 0 Å². The zero-order valence-corrected chi connectivity index (χ0v) is 10.9. The molecule has 0 aromatic carbocycles. The Morgan fingerprint density at radius 2 is 2.11 bits per heavy atom. The van der Waals surface area contributed by atoms with Crippen molar-refractivity contribution in [3.05, 3.63) is 11.9 Å². The van der Waals surface area contributed by atoms with E-state index < -0.39 is 23.5 Å². The average Bonchev–Trinajstić information content (AvgIpc) is 2.76. The first-order valence-electron chi connectivity index (χ1n) is 5.49. The van der Waals surface area contributed by atoms with Gasteiger partial charge >= 0.3 is 6.03 Å². The van der Waals surface area contributed by atoms with Gasteiger partial charge in [0.2, 0.25) is 0 Å². The van der Waals surface area contributed by atoms with E-state index in [4.69, 9.17) is 5.73 Å². The Hall–Kier alpha value is -1.96. The number of amides is 3. The van der Waals surface area contributed by atoms with Gasteiger partial charge in [-0.05, 0) is 20.8 Å². The highest BCUT2D eigenvalue weighted by molar-refractivity contribution is 5.95. The highest BCUT2D eigenvalue weighted by Crippen LogP contribution is 2.14. The molecule has 0 bridgehead atoms. The van der Waals surface area contributed by atoms with E-state index in [2.05, 4.69) is 20.9 Å². The molecule has 1 atom stereocenters. The smallest absolute Gasteiger partial charge is 0.321 e. The Kier molecular flexibility index (Phi) is 4.02. The van der Waals surface area contributed by atoms with Crippen LogP contribution >= 0.6 is 0 Å². The number of nitrogens with zero attached hydrogens (tertiary/aromatic N) is 3. The quantitative estimate of drug-likeness (QED) is 0.672. The molecule has 0 saturated carbocycles. The second-order valence-corrected chi connectivity index (χ2v) is 4.55. The highest BCUT2D eigenvalue weighted by Gasteiger charge is 2.23. The molecule has 3 amide bonds. The molecule has 1 heterocycles. The lowest BCUT2D eigenvalue weighted by Gasteiger charge is -2.14. The van der Waals surface area contributed by atoms with Gasteiger partial charge in [0.15, 0.2) is 0 Å². The van der Waals surface area contributed by atoms with Crippen molar-refractivity contribution in [2.75, 3.05) is 7.05 Å². The maximum Gasteiger partial charge on any atom is 0.321 e. The molecule has 4 N–H and O–H groups in total. The maximum atomic E-state index is 11.7. The number of nitrogens with one attached hydrogen (secondary N) is 2. The molecule has 0 aliphatic carbocycles. The van der Waals surface area contributed by atoms with Gasteiger partial charge in [-0.1, -0.05) is 5.21 Å². The Balaban J connectivity index is 2.78. The van der Waals surface area contributed by atoms with Crippen LogP contribution in [0.2, 0.25) is 0 Å². The van der Waals surface area contributed by atoms with Crippen molar-refractivity contribution in [3.63, 3.8) is 0 Å². The molecule has 0 aliphatic heterocycles. The Morgan fingerprint density at radius 3 is 2.56 bits per heavy atom. The zero-order valence-electron chi connectivity index (χ0n) is 10.9. The van der Waals surface area contributed by atoms with Crippen LogP contribution in [0.4, 0.5) is 4.79 Å². The lowest BCUT2D eigenvalue weighted by Crippen LogP contribution is -2.41. The van der Waals surface area contributed by atoms with Gasteiger partial charge in [0.05, 0.1) is 11.7 Å². The van der Waals surface area contributed by atoms with E-state index in [0.29, 0.717) is 5.69 Å². The number of nitrogens with two attached hydrogens (primary N) is 1. The van der Waals surface area contributed by atoms with Crippen molar-refractivity contribution in [1.82, 2.24) is 25.6 Å². The summed E-state index contributed by atoms with van der Waals surface area (Å²) in [5, 5.41) is 12.2. The van der Waals surface area contributed by atoms with Gasteiger partial charge in [-0.15, -0.1) is 5.10 Å². The van der Waals surface area contributed by atoms with Gasteiger partial charge in [-0.3, -0.25) is 10.1 Å². The third kappa shape index (κ3) is 3.27. The van der Waals surface area contributed by atoms with Crippen LogP contribution in [-0.2, 0) is 10.3 Å². The summed E-state index contributed by atoms with van der Waals surface area (Å²) < 4.78 is 1.36. The summed E-state index contributed by atoms with van der Waals surface area (Å²) in [4.78, 5) is 22.7. The number of hydrogen-bond donors (Lipinski definition) is 3. The number of urea groups is 1. The number of rotatable bonds is 3. The summed E-state index contributed by atoms with van der Waals surface area (Å²) >= 11 is 0.